The molecule has 5 heteroatoms. The summed E-state index contributed by atoms with van der Waals surface area (Å²) in [5.74, 6) is 0.145. The number of hydrogen-bond donors (Lipinski definition) is 2. The van der Waals surface area contributed by atoms with Crippen LogP contribution in [0.4, 0.5) is 5.69 Å². The fourth-order valence-electron chi connectivity index (χ4n) is 2.33. The maximum Gasteiger partial charge on any atom is 0.221 e. The molecule has 1 aliphatic heterocycles. The van der Waals surface area contributed by atoms with Crippen molar-refractivity contribution in [3.8, 4) is 0 Å². The molecule has 1 aromatic rings. The molecule has 2 rings (SSSR count). The second kappa shape index (κ2) is 7.09. The van der Waals surface area contributed by atoms with Gasteiger partial charge in [0.25, 0.3) is 0 Å². The molecule has 0 saturated carbocycles. The molecule has 0 atom stereocenters. The fraction of sp³-hybridized carbons (Fsp3) is 0.533. The fourth-order valence-corrected chi connectivity index (χ4v) is 2.73. The number of amides is 1. The highest BCUT2D eigenvalue weighted by atomic mass is 79.9. The molecule has 0 spiro atoms. The minimum Gasteiger partial charge on any atom is -0.369 e. The third-order valence-corrected chi connectivity index (χ3v) is 3.89. The lowest BCUT2D eigenvalue weighted by molar-refractivity contribution is -0.120. The van der Waals surface area contributed by atoms with E-state index in [1.165, 1.54) is 11.3 Å². The number of hydrogen-bond acceptors (Lipinski definition) is 3. The van der Waals surface area contributed by atoms with Crippen molar-refractivity contribution in [3.05, 3.63) is 28.2 Å². The molecule has 1 amide bonds. The van der Waals surface area contributed by atoms with Gasteiger partial charge in [-0.15, -0.1) is 0 Å². The second-order valence-corrected chi connectivity index (χ2v) is 6.31. The van der Waals surface area contributed by atoms with Gasteiger partial charge in [-0.3, -0.25) is 4.79 Å². The van der Waals surface area contributed by atoms with Gasteiger partial charge in [0, 0.05) is 48.8 Å². The van der Waals surface area contributed by atoms with E-state index in [9.17, 15) is 4.79 Å². The van der Waals surface area contributed by atoms with Crippen molar-refractivity contribution in [3.63, 3.8) is 0 Å². The van der Waals surface area contributed by atoms with Crippen LogP contribution in [0, 0.1) is 0 Å². The number of anilines is 1. The van der Waals surface area contributed by atoms with Gasteiger partial charge >= 0.3 is 0 Å². The van der Waals surface area contributed by atoms with Crippen LogP contribution in [0.5, 0.6) is 0 Å². The topological polar surface area (TPSA) is 44.4 Å². The quantitative estimate of drug-likeness (QED) is 0.884. The van der Waals surface area contributed by atoms with Crippen LogP contribution < -0.4 is 15.5 Å². The maximum absolute atomic E-state index is 11.5. The molecule has 0 bridgehead atoms. The minimum absolute atomic E-state index is 0.145. The molecule has 4 nitrogen and oxygen atoms in total. The van der Waals surface area contributed by atoms with Crippen LogP contribution in [0.2, 0.25) is 0 Å². The Balaban J connectivity index is 2.18. The number of nitrogens with zero attached hydrogens (tertiary/aromatic N) is 1. The largest absolute Gasteiger partial charge is 0.369 e. The summed E-state index contributed by atoms with van der Waals surface area (Å²) in [6.45, 7) is 7.48. The summed E-state index contributed by atoms with van der Waals surface area (Å²) in [4.78, 5) is 13.7. The van der Waals surface area contributed by atoms with Crippen LogP contribution in [0.1, 0.15) is 25.8 Å². The molecule has 20 heavy (non-hydrogen) atoms. The zero-order valence-corrected chi connectivity index (χ0v) is 13.7. The highest BCUT2D eigenvalue weighted by Crippen LogP contribution is 2.25. The molecule has 1 saturated heterocycles. The predicted octanol–water partition coefficient (Wildman–Crippen LogP) is 2.27. The van der Waals surface area contributed by atoms with Gasteiger partial charge in [0.2, 0.25) is 5.91 Å². The van der Waals surface area contributed by atoms with Crippen molar-refractivity contribution < 1.29 is 4.79 Å². The lowest BCUT2D eigenvalue weighted by atomic mass is 10.1. The van der Waals surface area contributed by atoms with Gasteiger partial charge in [0.15, 0.2) is 0 Å². The molecule has 0 radical (unpaired) electrons. The number of halogens is 1. The molecule has 1 heterocycles. The summed E-state index contributed by atoms with van der Waals surface area (Å²) in [6.07, 6.45) is 0.563. The van der Waals surface area contributed by atoms with Crippen molar-refractivity contribution in [2.24, 2.45) is 0 Å². The van der Waals surface area contributed by atoms with Crippen LogP contribution in [0.3, 0.4) is 0 Å². The molecule has 0 unspecified atom stereocenters. The number of carbonyl (C=O) groups excluding carboxylic acids is 1. The first-order valence-corrected chi connectivity index (χ1v) is 7.89. The van der Waals surface area contributed by atoms with E-state index in [0.717, 1.165) is 24.1 Å². The van der Waals surface area contributed by atoms with E-state index in [4.69, 9.17) is 0 Å². The van der Waals surface area contributed by atoms with Gasteiger partial charge in [0.05, 0.1) is 0 Å². The van der Waals surface area contributed by atoms with Gasteiger partial charge in [-0.25, -0.2) is 0 Å². The molecule has 0 aliphatic carbocycles. The van der Waals surface area contributed by atoms with E-state index in [0.29, 0.717) is 19.0 Å². The number of benzene rings is 1. The maximum atomic E-state index is 11.5. The summed E-state index contributed by atoms with van der Waals surface area (Å²) < 4.78 is 1.09. The van der Waals surface area contributed by atoms with Crippen molar-refractivity contribution in [2.75, 3.05) is 24.5 Å². The average molecular weight is 340 g/mol. The Kier molecular flexibility index (Phi) is 5.43. The number of rotatable bonds is 4. The predicted molar refractivity (Wildman–Crippen MR) is 86.0 cm³/mol. The van der Waals surface area contributed by atoms with Crippen molar-refractivity contribution in [1.82, 2.24) is 10.6 Å². The van der Waals surface area contributed by atoms with E-state index in [-0.39, 0.29) is 5.91 Å². The van der Waals surface area contributed by atoms with Crippen LogP contribution in [0.25, 0.3) is 0 Å². The van der Waals surface area contributed by atoms with E-state index in [1.54, 1.807) is 0 Å². The van der Waals surface area contributed by atoms with Gasteiger partial charge < -0.3 is 15.5 Å². The highest BCUT2D eigenvalue weighted by Gasteiger charge is 2.16. The van der Waals surface area contributed by atoms with E-state index in [2.05, 4.69) is 63.5 Å². The Hall–Kier alpha value is -1.07. The lowest BCUT2D eigenvalue weighted by Gasteiger charge is -2.25. The van der Waals surface area contributed by atoms with Crippen LogP contribution >= 0.6 is 15.9 Å². The SMILES string of the molecule is CC(C)NCc1cc(Br)ccc1N1CCNC(=O)CC1. The van der Waals surface area contributed by atoms with Crippen LogP contribution in [-0.2, 0) is 11.3 Å². The average Bonchev–Trinajstić information content (AvgIpc) is 2.61. The Bertz CT molecular complexity index is 476. The molecule has 2 N–H and O–H groups in total. The van der Waals surface area contributed by atoms with Crippen LogP contribution in [0.15, 0.2) is 22.7 Å². The first kappa shape index (κ1) is 15.3. The van der Waals surface area contributed by atoms with Crippen molar-refractivity contribution >= 4 is 27.5 Å². The van der Waals surface area contributed by atoms with E-state index in [1.807, 2.05) is 0 Å². The zero-order valence-electron chi connectivity index (χ0n) is 12.1. The first-order chi connectivity index (χ1) is 9.56. The lowest BCUT2D eigenvalue weighted by Crippen LogP contribution is -2.30. The smallest absolute Gasteiger partial charge is 0.221 e. The summed E-state index contributed by atoms with van der Waals surface area (Å²) in [6, 6.07) is 6.81. The molecular weight excluding hydrogens is 318 g/mol. The zero-order chi connectivity index (χ0) is 14.5. The van der Waals surface area contributed by atoms with Gasteiger partial charge in [-0.05, 0) is 23.8 Å². The Morgan fingerprint density at radius 1 is 1.40 bits per heavy atom. The highest BCUT2D eigenvalue weighted by molar-refractivity contribution is 9.10. The second-order valence-electron chi connectivity index (χ2n) is 5.40. The molecule has 110 valence electrons. The molecule has 1 fully saturated rings. The van der Waals surface area contributed by atoms with Crippen LogP contribution in [-0.4, -0.2) is 31.6 Å². The Morgan fingerprint density at radius 2 is 2.20 bits per heavy atom. The van der Waals surface area contributed by atoms with Crippen molar-refractivity contribution in [1.29, 1.82) is 0 Å². The normalized spacial score (nSPS) is 16.2. The number of nitrogens with one attached hydrogen (secondary N) is 2. The van der Waals surface area contributed by atoms with Gasteiger partial charge in [-0.2, -0.15) is 0 Å². The summed E-state index contributed by atoms with van der Waals surface area (Å²) in [7, 11) is 0. The molecule has 0 aromatic heterocycles. The van der Waals surface area contributed by atoms with Gasteiger partial charge in [-0.1, -0.05) is 29.8 Å². The van der Waals surface area contributed by atoms with E-state index < -0.39 is 0 Å². The monoisotopic (exact) mass is 339 g/mol. The minimum atomic E-state index is 0.145. The van der Waals surface area contributed by atoms with E-state index >= 15 is 0 Å². The Morgan fingerprint density at radius 3 is 2.95 bits per heavy atom. The summed E-state index contributed by atoms with van der Waals surface area (Å²) >= 11 is 3.54. The number of carbonyl (C=O) groups is 1. The molecule has 1 aromatic carbocycles. The first-order valence-electron chi connectivity index (χ1n) is 7.09. The van der Waals surface area contributed by atoms with Gasteiger partial charge in [0.1, 0.15) is 0 Å². The summed E-state index contributed by atoms with van der Waals surface area (Å²) in [5.41, 5.74) is 2.49. The van der Waals surface area contributed by atoms with Crippen molar-refractivity contribution in [2.45, 2.75) is 32.9 Å². The third-order valence-electron chi connectivity index (χ3n) is 3.40. The third kappa shape index (κ3) is 4.21. The standard InChI is InChI=1S/C15H22BrN3O/c1-11(2)18-10-12-9-13(16)3-4-14(12)19-7-5-15(20)17-6-8-19/h3-4,9,11,18H,5-8,10H2,1-2H3,(H,17,20). The Labute approximate surface area is 129 Å². The molecule has 1 aliphatic rings. The summed E-state index contributed by atoms with van der Waals surface area (Å²) in [5, 5.41) is 6.38. The molecular formula is C15H22BrN3O.